The number of nitriles is 1. The Morgan fingerprint density at radius 3 is 2.68 bits per heavy atom. The van der Waals surface area contributed by atoms with Gasteiger partial charge in [-0.2, -0.15) is 5.26 Å². The van der Waals surface area contributed by atoms with E-state index in [1.807, 2.05) is 18.2 Å². The molecule has 0 radical (unpaired) electrons. The van der Waals surface area contributed by atoms with Crippen LogP contribution in [0.15, 0.2) is 40.9 Å². The van der Waals surface area contributed by atoms with Crippen molar-refractivity contribution in [2.75, 3.05) is 5.32 Å². The van der Waals surface area contributed by atoms with Crippen LogP contribution in [0.5, 0.6) is 0 Å². The zero-order valence-corrected chi connectivity index (χ0v) is 12.9. The second-order valence-electron chi connectivity index (χ2n) is 3.87. The Kier molecular flexibility index (Phi) is 4.71. The van der Waals surface area contributed by atoms with E-state index >= 15 is 0 Å². The Balaban J connectivity index is 2.15. The standard InChI is InChI=1S/C14H9BrCl2N2/c15-11-6-9(7-18)4-5-13(11)19-8-10-2-1-3-12(16)14(10)17/h1-6,19H,8H2. The summed E-state index contributed by atoms with van der Waals surface area (Å²) in [5.74, 6) is 0. The number of hydrogen-bond acceptors (Lipinski definition) is 2. The van der Waals surface area contributed by atoms with E-state index < -0.39 is 0 Å². The van der Waals surface area contributed by atoms with Gasteiger partial charge < -0.3 is 5.32 Å². The number of nitrogens with one attached hydrogen (secondary N) is 1. The maximum absolute atomic E-state index is 8.80. The van der Waals surface area contributed by atoms with Gasteiger partial charge in [0.2, 0.25) is 0 Å². The topological polar surface area (TPSA) is 35.8 Å². The number of anilines is 1. The van der Waals surface area contributed by atoms with Gasteiger partial charge >= 0.3 is 0 Å². The van der Waals surface area contributed by atoms with Gasteiger partial charge in [-0.15, -0.1) is 0 Å². The van der Waals surface area contributed by atoms with Crippen LogP contribution in [0.25, 0.3) is 0 Å². The first-order valence-corrected chi connectivity index (χ1v) is 7.03. The molecule has 0 amide bonds. The molecule has 96 valence electrons. The lowest BCUT2D eigenvalue weighted by molar-refractivity contribution is 1.15. The van der Waals surface area contributed by atoms with Gasteiger partial charge in [-0.25, -0.2) is 0 Å². The Labute approximate surface area is 130 Å². The van der Waals surface area contributed by atoms with Crippen LogP contribution in [0, 0.1) is 11.3 Å². The van der Waals surface area contributed by atoms with E-state index in [-0.39, 0.29) is 0 Å². The van der Waals surface area contributed by atoms with E-state index in [2.05, 4.69) is 27.3 Å². The largest absolute Gasteiger partial charge is 0.380 e. The third-order valence-corrected chi connectivity index (χ3v) is 4.11. The van der Waals surface area contributed by atoms with Crippen LogP contribution in [0.2, 0.25) is 10.0 Å². The second-order valence-corrected chi connectivity index (χ2v) is 5.51. The van der Waals surface area contributed by atoms with Gasteiger partial charge in [-0.1, -0.05) is 35.3 Å². The van der Waals surface area contributed by atoms with Crippen molar-refractivity contribution in [3.63, 3.8) is 0 Å². The first-order valence-electron chi connectivity index (χ1n) is 5.48. The van der Waals surface area contributed by atoms with Gasteiger partial charge in [0.15, 0.2) is 0 Å². The first kappa shape index (κ1) is 14.2. The number of nitrogens with zero attached hydrogens (tertiary/aromatic N) is 1. The smallest absolute Gasteiger partial charge is 0.0992 e. The van der Waals surface area contributed by atoms with E-state index in [0.717, 1.165) is 15.7 Å². The van der Waals surface area contributed by atoms with Crippen molar-refractivity contribution in [1.82, 2.24) is 0 Å². The predicted molar refractivity (Wildman–Crippen MR) is 82.6 cm³/mol. The molecule has 0 bridgehead atoms. The van der Waals surface area contributed by atoms with Gasteiger partial charge in [0.05, 0.1) is 21.7 Å². The minimum atomic E-state index is 0.542. The number of rotatable bonds is 3. The number of benzene rings is 2. The normalized spacial score (nSPS) is 10.0. The molecule has 0 atom stereocenters. The van der Waals surface area contributed by atoms with E-state index in [1.54, 1.807) is 18.2 Å². The summed E-state index contributed by atoms with van der Waals surface area (Å²) in [6, 6.07) is 13.0. The van der Waals surface area contributed by atoms with Crippen LogP contribution in [0.4, 0.5) is 5.69 Å². The fourth-order valence-electron chi connectivity index (χ4n) is 1.60. The monoisotopic (exact) mass is 354 g/mol. The molecule has 0 unspecified atom stereocenters. The van der Waals surface area contributed by atoms with Crippen molar-refractivity contribution in [1.29, 1.82) is 5.26 Å². The van der Waals surface area contributed by atoms with Gasteiger partial charge in [0.25, 0.3) is 0 Å². The quantitative estimate of drug-likeness (QED) is 0.817. The SMILES string of the molecule is N#Cc1ccc(NCc2cccc(Cl)c2Cl)c(Br)c1. The number of halogens is 3. The molecule has 0 aliphatic carbocycles. The summed E-state index contributed by atoms with van der Waals surface area (Å²) >= 11 is 15.5. The predicted octanol–water partition coefficient (Wildman–Crippen LogP) is 5.24. The molecular formula is C14H9BrCl2N2. The van der Waals surface area contributed by atoms with Crippen LogP contribution in [-0.2, 0) is 6.54 Å². The fraction of sp³-hybridized carbons (Fsp3) is 0.0714. The average Bonchev–Trinajstić information content (AvgIpc) is 2.41. The Morgan fingerprint density at radius 1 is 1.21 bits per heavy atom. The van der Waals surface area contributed by atoms with Gasteiger partial charge in [-0.3, -0.25) is 0 Å². The zero-order valence-electron chi connectivity index (χ0n) is 9.75. The summed E-state index contributed by atoms with van der Waals surface area (Å²) in [4.78, 5) is 0. The highest BCUT2D eigenvalue weighted by atomic mass is 79.9. The highest BCUT2D eigenvalue weighted by molar-refractivity contribution is 9.10. The second kappa shape index (κ2) is 6.29. The molecule has 0 heterocycles. The minimum Gasteiger partial charge on any atom is -0.380 e. The van der Waals surface area contributed by atoms with Crippen LogP contribution in [0.3, 0.4) is 0 Å². The molecule has 0 aromatic heterocycles. The molecule has 5 heteroatoms. The molecule has 2 aromatic rings. The molecule has 0 fully saturated rings. The molecule has 0 aliphatic heterocycles. The lowest BCUT2D eigenvalue weighted by Gasteiger charge is -2.10. The van der Waals surface area contributed by atoms with E-state index in [0.29, 0.717) is 22.2 Å². The van der Waals surface area contributed by atoms with Crippen molar-refractivity contribution in [3.05, 3.63) is 62.0 Å². The molecule has 2 nitrogen and oxygen atoms in total. The van der Waals surface area contributed by atoms with Gasteiger partial charge in [0.1, 0.15) is 0 Å². The summed E-state index contributed by atoms with van der Waals surface area (Å²) in [6.45, 7) is 0.559. The molecule has 0 saturated heterocycles. The molecule has 2 aromatic carbocycles. The van der Waals surface area contributed by atoms with E-state index in [1.165, 1.54) is 0 Å². The lowest BCUT2D eigenvalue weighted by Crippen LogP contribution is -2.01. The molecular weight excluding hydrogens is 347 g/mol. The van der Waals surface area contributed by atoms with Crippen molar-refractivity contribution in [3.8, 4) is 6.07 Å². The summed E-state index contributed by atoms with van der Waals surface area (Å²) in [5, 5.41) is 13.2. The number of hydrogen-bond donors (Lipinski definition) is 1. The van der Waals surface area contributed by atoms with Crippen LogP contribution in [-0.4, -0.2) is 0 Å². The van der Waals surface area contributed by atoms with E-state index in [9.17, 15) is 0 Å². The van der Waals surface area contributed by atoms with Crippen molar-refractivity contribution < 1.29 is 0 Å². The molecule has 0 spiro atoms. The zero-order chi connectivity index (χ0) is 13.8. The van der Waals surface area contributed by atoms with Crippen molar-refractivity contribution >= 4 is 44.8 Å². The van der Waals surface area contributed by atoms with Gasteiger partial charge in [0, 0.05) is 16.7 Å². The van der Waals surface area contributed by atoms with Crippen molar-refractivity contribution in [2.24, 2.45) is 0 Å². The summed E-state index contributed by atoms with van der Waals surface area (Å²) in [7, 11) is 0. The molecule has 19 heavy (non-hydrogen) atoms. The highest BCUT2D eigenvalue weighted by Crippen LogP contribution is 2.28. The Hall–Kier alpha value is -1.21. The highest BCUT2D eigenvalue weighted by Gasteiger charge is 2.05. The molecule has 2 rings (SSSR count). The van der Waals surface area contributed by atoms with Crippen LogP contribution in [0.1, 0.15) is 11.1 Å². The molecule has 1 N–H and O–H groups in total. The summed E-state index contributed by atoms with van der Waals surface area (Å²) in [6.07, 6.45) is 0. The Morgan fingerprint density at radius 2 is 2.00 bits per heavy atom. The van der Waals surface area contributed by atoms with E-state index in [4.69, 9.17) is 28.5 Å². The van der Waals surface area contributed by atoms with Crippen LogP contribution >= 0.6 is 39.1 Å². The molecule has 0 aliphatic rings. The summed E-state index contributed by atoms with van der Waals surface area (Å²) in [5.41, 5.74) is 2.43. The maximum Gasteiger partial charge on any atom is 0.0992 e. The lowest BCUT2D eigenvalue weighted by atomic mass is 10.2. The van der Waals surface area contributed by atoms with Crippen LogP contribution < -0.4 is 5.32 Å². The third-order valence-electron chi connectivity index (χ3n) is 2.60. The third kappa shape index (κ3) is 3.42. The average molecular weight is 356 g/mol. The van der Waals surface area contributed by atoms with Crippen molar-refractivity contribution in [2.45, 2.75) is 6.54 Å². The fourth-order valence-corrected chi connectivity index (χ4v) is 2.51. The van der Waals surface area contributed by atoms with Gasteiger partial charge in [-0.05, 0) is 45.8 Å². The molecule has 0 saturated carbocycles. The summed E-state index contributed by atoms with van der Waals surface area (Å²) < 4.78 is 0.838. The Bertz CT molecular complexity index is 650. The maximum atomic E-state index is 8.80. The minimum absolute atomic E-state index is 0.542. The first-order chi connectivity index (χ1) is 9.11.